The van der Waals surface area contributed by atoms with Crippen molar-refractivity contribution in [2.24, 2.45) is 0 Å². The van der Waals surface area contributed by atoms with Crippen LogP contribution >= 0.6 is 0 Å². The van der Waals surface area contributed by atoms with Crippen LogP contribution < -0.4 is 10.6 Å². The molecule has 1 amide bonds. The van der Waals surface area contributed by atoms with E-state index in [0.29, 0.717) is 25.6 Å². The van der Waals surface area contributed by atoms with Crippen LogP contribution in [-0.4, -0.2) is 70.9 Å². The third-order valence-electron chi connectivity index (χ3n) is 5.44. The molecule has 3 N–H and O–H groups in total. The zero-order valence-corrected chi connectivity index (χ0v) is 16.6. The van der Waals surface area contributed by atoms with Gasteiger partial charge in [0.2, 0.25) is 0 Å². The molecule has 8 heteroatoms. The molecule has 0 spiro atoms. The van der Waals surface area contributed by atoms with Crippen LogP contribution in [-0.2, 0) is 17.7 Å². The molecule has 2 aromatic rings. The average molecular weight is 397 g/mol. The number of hydrogen-bond donors (Lipinski definition) is 3. The number of fused-ring (bicyclic) bond motifs is 1. The van der Waals surface area contributed by atoms with Gasteiger partial charge in [0.1, 0.15) is 17.8 Å². The number of aryl methyl sites for hydroxylation is 1. The largest absolute Gasteiger partial charge is 0.390 e. The first kappa shape index (κ1) is 19.8. The monoisotopic (exact) mass is 397 g/mol. The summed E-state index contributed by atoms with van der Waals surface area (Å²) < 4.78 is 5.12. The van der Waals surface area contributed by atoms with Gasteiger partial charge in [0, 0.05) is 32.2 Å². The average Bonchev–Trinajstić information content (AvgIpc) is 2.69. The van der Waals surface area contributed by atoms with Crippen LogP contribution in [0.25, 0.3) is 0 Å². The maximum Gasteiger partial charge on any atom is 0.270 e. The molecule has 1 aromatic heterocycles. The normalized spacial score (nSPS) is 17.9. The van der Waals surface area contributed by atoms with E-state index in [1.807, 2.05) is 0 Å². The number of hydrogen-bond acceptors (Lipinski definition) is 7. The molecule has 1 unspecified atom stereocenters. The first-order chi connectivity index (χ1) is 14.1. The van der Waals surface area contributed by atoms with E-state index in [0.717, 1.165) is 19.5 Å². The number of nitrogens with zero attached hydrogens (tertiary/aromatic N) is 3. The summed E-state index contributed by atoms with van der Waals surface area (Å²) in [6, 6.07) is 8.22. The zero-order valence-electron chi connectivity index (χ0n) is 16.6. The van der Waals surface area contributed by atoms with E-state index in [4.69, 9.17) is 4.74 Å². The number of aromatic nitrogens is 2. The van der Waals surface area contributed by atoms with Crippen LogP contribution in [0.2, 0.25) is 0 Å². The van der Waals surface area contributed by atoms with Gasteiger partial charge in [-0.3, -0.25) is 9.69 Å². The van der Waals surface area contributed by atoms with E-state index in [2.05, 4.69) is 50.6 Å². The summed E-state index contributed by atoms with van der Waals surface area (Å²) in [5.41, 5.74) is 4.36. The third-order valence-corrected chi connectivity index (χ3v) is 5.44. The van der Waals surface area contributed by atoms with E-state index < -0.39 is 6.10 Å². The van der Waals surface area contributed by atoms with Crippen molar-refractivity contribution >= 4 is 11.7 Å². The number of aliphatic hydroxyl groups is 1. The third kappa shape index (κ3) is 4.90. The molecule has 4 rings (SSSR count). The van der Waals surface area contributed by atoms with Crippen molar-refractivity contribution in [3.8, 4) is 0 Å². The van der Waals surface area contributed by atoms with Gasteiger partial charge < -0.3 is 20.5 Å². The van der Waals surface area contributed by atoms with Crippen molar-refractivity contribution in [2.75, 3.05) is 38.2 Å². The summed E-state index contributed by atoms with van der Waals surface area (Å²) in [5.74, 6) is 0.278. The second-order valence-corrected chi connectivity index (χ2v) is 7.73. The quantitative estimate of drug-likeness (QED) is 0.634. The van der Waals surface area contributed by atoms with Crippen molar-refractivity contribution in [1.82, 2.24) is 20.2 Å². The summed E-state index contributed by atoms with van der Waals surface area (Å²) in [6.45, 7) is 5.86. The Balaban J connectivity index is 1.26. The topological polar surface area (TPSA) is 99.6 Å². The molecule has 8 nitrogen and oxygen atoms in total. The van der Waals surface area contributed by atoms with E-state index in [9.17, 15) is 9.90 Å². The van der Waals surface area contributed by atoms with Crippen molar-refractivity contribution < 1.29 is 14.6 Å². The zero-order chi connectivity index (χ0) is 20.2. The van der Waals surface area contributed by atoms with Crippen molar-refractivity contribution in [1.29, 1.82) is 0 Å². The smallest absolute Gasteiger partial charge is 0.270 e. The lowest BCUT2D eigenvalue weighted by Crippen LogP contribution is -2.42. The maximum atomic E-state index is 12.4. The summed E-state index contributed by atoms with van der Waals surface area (Å²) >= 11 is 0. The van der Waals surface area contributed by atoms with E-state index in [1.54, 1.807) is 6.07 Å². The van der Waals surface area contributed by atoms with E-state index in [-0.39, 0.29) is 24.2 Å². The number of rotatable bonds is 7. The molecule has 1 saturated heterocycles. The minimum Gasteiger partial charge on any atom is -0.390 e. The van der Waals surface area contributed by atoms with Crippen LogP contribution in [0, 0.1) is 6.92 Å². The molecule has 0 bridgehead atoms. The highest BCUT2D eigenvalue weighted by atomic mass is 16.5. The lowest BCUT2D eigenvalue weighted by molar-refractivity contribution is 0.0209. The van der Waals surface area contributed by atoms with Gasteiger partial charge in [0.05, 0.1) is 25.4 Å². The predicted octanol–water partition coefficient (Wildman–Crippen LogP) is 0.745. The SMILES string of the molecule is Cc1cccc2c1CCN(CC(O)CNC(=O)c1cc(NC3COC3)ncn1)C2. The van der Waals surface area contributed by atoms with Crippen molar-refractivity contribution in [2.45, 2.75) is 32.0 Å². The van der Waals surface area contributed by atoms with Gasteiger partial charge in [-0.25, -0.2) is 9.97 Å². The molecular formula is C21H27N5O3. The standard InChI is InChI=1S/C21H27N5O3/c1-14-3-2-4-15-9-26(6-5-18(14)15)10-17(27)8-22-21(28)19-7-20(24-13-23-19)25-16-11-29-12-16/h2-4,7,13,16-17,27H,5-6,8-12H2,1H3,(H,22,28)(H,23,24,25). The maximum absolute atomic E-state index is 12.4. The second-order valence-electron chi connectivity index (χ2n) is 7.73. The lowest BCUT2D eigenvalue weighted by atomic mass is 9.95. The van der Waals surface area contributed by atoms with Gasteiger partial charge >= 0.3 is 0 Å². The Morgan fingerprint density at radius 1 is 1.38 bits per heavy atom. The molecule has 3 heterocycles. The summed E-state index contributed by atoms with van der Waals surface area (Å²) in [6.07, 6.45) is 1.71. The van der Waals surface area contributed by atoms with Crippen molar-refractivity contribution in [3.63, 3.8) is 0 Å². The first-order valence-electron chi connectivity index (χ1n) is 10.0. The lowest BCUT2D eigenvalue weighted by Gasteiger charge is -2.31. The first-order valence-corrected chi connectivity index (χ1v) is 10.0. The summed E-state index contributed by atoms with van der Waals surface area (Å²) in [4.78, 5) is 22.8. The minimum absolute atomic E-state index is 0.180. The van der Waals surface area contributed by atoms with Gasteiger partial charge in [-0.2, -0.15) is 0 Å². The fourth-order valence-electron chi connectivity index (χ4n) is 3.77. The summed E-state index contributed by atoms with van der Waals surface area (Å²) in [7, 11) is 0. The Kier molecular flexibility index (Phi) is 6.03. The van der Waals surface area contributed by atoms with Crippen LogP contribution in [0.5, 0.6) is 0 Å². The molecule has 0 aliphatic carbocycles. The number of benzene rings is 1. The van der Waals surface area contributed by atoms with Crippen LogP contribution in [0.4, 0.5) is 5.82 Å². The fraction of sp³-hybridized carbons (Fsp3) is 0.476. The van der Waals surface area contributed by atoms with Gasteiger partial charge in [0.15, 0.2) is 0 Å². The van der Waals surface area contributed by atoms with E-state index >= 15 is 0 Å². The molecule has 1 aromatic carbocycles. The number of carbonyl (C=O) groups excluding carboxylic acids is 1. The number of ether oxygens (including phenoxy) is 1. The second kappa shape index (κ2) is 8.86. The van der Waals surface area contributed by atoms with Crippen LogP contribution in [0.15, 0.2) is 30.6 Å². The molecule has 1 fully saturated rings. The minimum atomic E-state index is -0.642. The molecule has 0 radical (unpaired) electrons. The van der Waals surface area contributed by atoms with Gasteiger partial charge in [-0.1, -0.05) is 18.2 Å². The Bertz CT molecular complexity index is 871. The number of carbonyl (C=O) groups is 1. The summed E-state index contributed by atoms with van der Waals surface area (Å²) in [5, 5.41) is 16.4. The number of nitrogens with one attached hydrogen (secondary N) is 2. The Hall–Kier alpha value is -2.55. The fourth-order valence-corrected chi connectivity index (χ4v) is 3.77. The van der Waals surface area contributed by atoms with Gasteiger partial charge in [-0.05, 0) is 30.0 Å². The number of aliphatic hydroxyl groups excluding tert-OH is 1. The molecule has 2 aliphatic heterocycles. The highest BCUT2D eigenvalue weighted by Crippen LogP contribution is 2.22. The molecule has 0 saturated carbocycles. The van der Waals surface area contributed by atoms with Gasteiger partial charge in [-0.15, -0.1) is 0 Å². The van der Waals surface area contributed by atoms with Gasteiger partial charge in [0.25, 0.3) is 5.91 Å². The molecular weight excluding hydrogens is 370 g/mol. The predicted molar refractivity (Wildman–Crippen MR) is 109 cm³/mol. The Labute approximate surface area is 170 Å². The number of anilines is 1. The number of β-amino-alcohol motifs (C(OH)–C–C–N with tert-alkyl or cyclic N) is 1. The Morgan fingerprint density at radius 3 is 3.03 bits per heavy atom. The molecule has 29 heavy (non-hydrogen) atoms. The van der Waals surface area contributed by atoms with Crippen molar-refractivity contribution in [3.05, 3.63) is 53.0 Å². The van der Waals surface area contributed by atoms with Crippen LogP contribution in [0.3, 0.4) is 0 Å². The number of amides is 1. The van der Waals surface area contributed by atoms with E-state index in [1.165, 1.54) is 23.0 Å². The molecule has 154 valence electrons. The van der Waals surface area contributed by atoms with Crippen LogP contribution in [0.1, 0.15) is 27.2 Å². The molecule has 1 atom stereocenters. The molecule has 2 aliphatic rings. The highest BCUT2D eigenvalue weighted by molar-refractivity contribution is 5.92. The Morgan fingerprint density at radius 2 is 2.24 bits per heavy atom. The highest BCUT2D eigenvalue weighted by Gasteiger charge is 2.21.